The lowest BCUT2D eigenvalue weighted by Gasteiger charge is -2.22. The van der Waals surface area contributed by atoms with Crippen molar-refractivity contribution in [3.05, 3.63) is 55.1 Å². The van der Waals surface area contributed by atoms with Crippen LogP contribution in [0.5, 0.6) is 0 Å². The van der Waals surface area contributed by atoms with Crippen LogP contribution in [0, 0.1) is 5.92 Å². The smallest absolute Gasteiger partial charge is 0.229 e. The van der Waals surface area contributed by atoms with Crippen LogP contribution in [0.3, 0.4) is 0 Å². The van der Waals surface area contributed by atoms with Crippen LogP contribution in [0.2, 0.25) is 0 Å². The van der Waals surface area contributed by atoms with Crippen molar-refractivity contribution in [2.45, 2.75) is 19.4 Å². The topological polar surface area (TPSA) is 69.8 Å². The van der Waals surface area contributed by atoms with Crippen molar-refractivity contribution in [3.8, 4) is 11.1 Å². The summed E-state index contributed by atoms with van der Waals surface area (Å²) < 4.78 is 9.53. The summed E-state index contributed by atoms with van der Waals surface area (Å²) >= 11 is 0. The van der Waals surface area contributed by atoms with E-state index in [9.17, 15) is 0 Å². The summed E-state index contributed by atoms with van der Waals surface area (Å²) in [6.45, 7) is 2.70. The Balaban J connectivity index is 1.34. The zero-order valence-corrected chi connectivity index (χ0v) is 16.5. The fourth-order valence-corrected chi connectivity index (χ4v) is 3.83. The monoisotopic (exact) mass is 388 g/mol. The number of ether oxygens (including phenoxy) is 1. The average molecular weight is 388 g/mol. The number of benzene rings is 1. The normalized spacial score (nSPS) is 15.1. The van der Waals surface area contributed by atoms with Crippen LogP contribution < -0.4 is 5.32 Å². The van der Waals surface area contributed by atoms with Gasteiger partial charge in [-0.2, -0.15) is 10.1 Å². The van der Waals surface area contributed by atoms with E-state index in [0.717, 1.165) is 60.4 Å². The molecule has 3 aromatic heterocycles. The second kappa shape index (κ2) is 7.67. The van der Waals surface area contributed by atoms with Crippen LogP contribution in [-0.4, -0.2) is 37.5 Å². The van der Waals surface area contributed by atoms with E-state index in [-0.39, 0.29) is 0 Å². The van der Waals surface area contributed by atoms with Gasteiger partial charge in [0.1, 0.15) is 5.65 Å². The van der Waals surface area contributed by atoms with Gasteiger partial charge in [-0.3, -0.25) is 4.68 Å². The Morgan fingerprint density at radius 1 is 1.07 bits per heavy atom. The average Bonchev–Trinajstić information content (AvgIpc) is 3.36. The Labute approximate surface area is 169 Å². The molecule has 148 valence electrons. The fraction of sp³-hybridized carbons (Fsp3) is 0.318. The van der Waals surface area contributed by atoms with Gasteiger partial charge >= 0.3 is 0 Å². The molecule has 0 spiro atoms. The van der Waals surface area contributed by atoms with Crippen molar-refractivity contribution in [1.29, 1.82) is 0 Å². The van der Waals surface area contributed by atoms with Crippen LogP contribution in [0.1, 0.15) is 12.8 Å². The van der Waals surface area contributed by atoms with Gasteiger partial charge in [0.2, 0.25) is 5.95 Å². The Bertz CT molecular complexity index is 1110. The number of hydrogen-bond donors (Lipinski definition) is 1. The maximum Gasteiger partial charge on any atom is 0.229 e. The quantitative estimate of drug-likeness (QED) is 0.560. The summed E-state index contributed by atoms with van der Waals surface area (Å²) in [5.41, 5.74) is 4.16. The first-order chi connectivity index (χ1) is 14.2. The van der Waals surface area contributed by atoms with E-state index in [1.807, 2.05) is 37.8 Å². The first-order valence-electron chi connectivity index (χ1n) is 10.0. The van der Waals surface area contributed by atoms with E-state index in [0.29, 0.717) is 11.9 Å². The molecule has 1 aromatic carbocycles. The van der Waals surface area contributed by atoms with Crippen molar-refractivity contribution in [2.24, 2.45) is 13.0 Å². The molecule has 1 N–H and O–H groups in total. The van der Waals surface area contributed by atoms with Crippen molar-refractivity contribution in [3.63, 3.8) is 0 Å². The second-order valence-electron chi connectivity index (χ2n) is 7.60. The van der Waals surface area contributed by atoms with E-state index in [1.54, 1.807) is 4.68 Å². The third-order valence-electron chi connectivity index (χ3n) is 5.48. The van der Waals surface area contributed by atoms with Crippen LogP contribution in [0.15, 0.2) is 55.1 Å². The highest BCUT2D eigenvalue weighted by molar-refractivity contribution is 5.77. The maximum absolute atomic E-state index is 5.48. The molecule has 0 aliphatic carbocycles. The number of hydrogen-bond acceptors (Lipinski definition) is 5. The van der Waals surface area contributed by atoms with Gasteiger partial charge in [0.25, 0.3) is 0 Å². The lowest BCUT2D eigenvalue weighted by molar-refractivity contribution is 0.0616. The molecule has 0 atom stereocenters. The van der Waals surface area contributed by atoms with E-state index in [4.69, 9.17) is 9.72 Å². The summed E-state index contributed by atoms with van der Waals surface area (Å²) in [7, 11) is 1.92. The number of nitrogens with zero attached hydrogens (tertiary/aromatic N) is 5. The van der Waals surface area contributed by atoms with Gasteiger partial charge < -0.3 is 14.6 Å². The van der Waals surface area contributed by atoms with Crippen molar-refractivity contribution in [2.75, 3.05) is 18.5 Å². The predicted molar refractivity (Wildman–Crippen MR) is 113 cm³/mol. The number of aryl methyl sites for hydroxylation is 1. The summed E-state index contributed by atoms with van der Waals surface area (Å²) in [6.07, 6.45) is 10.1. The molecule has 4 aromatic rings. The summed E-state index contributed by atoms with van der Waals surface area (Å²) in [5, 5.41) is 8.62. The van der Waals surface area contributed by atoms with Crippen molar-refractivity contribution >= 4 is 22.7 Å². The van der Waals surface area contributed by atoms with Crippen molar-refractivity contribution in [1.82, 2.24) is 24.3 Å². The molecule has 1 fully saturated rings. The minimum Gasteiger partial charge on any atom is -0.381 e. The molecule has 0 radical (unpaired) electrons. The molecule has 0 saturated carbocycles. The van der Waals surface area contributed by atoms with Gasteiger partial charge in [-0.05, 0) is 42.5 Å². The van der Waals surface area contributed by atoms with Crippen molar-refractivity contribution < 1.29 is 4.74 Å². The largest absolute Gasteiger partial charge is 0.381 e. The van der Waals surface area contributed by atoms with E-state index >= 15 is 0 Å². The summed E-state index contributed by atoms with van der Waals surface area (Å²) in [4.78, 5) is 9.25. The van der Waals surface area contributed by atoms with Gasteiger partial charge in [0, 0.05) is 62.0 Å². The zero-order valence-electron chi connectivity index (χ0n) is 16.5. The molecule has 0 unspecified atom stereocenters. The van der Waals surface area contributed by atoms with Crippen LogP contribution in [0.4, 0.5) is 11.6 Å². The lowest BCUT2D eigenvalue weighted by atomic mass is 10.0. The predicted octanol–water partition coefficient (Wildman–Crippen LogP) is 4.00. The minimum absolute atomic E-state index is 0.610. The summed E-state index contributed by atoms with van der Waals surface area (Å²) in [6, 6.07) is 10.3. The highest BCUT2D eigenvalue weighted by Gasteiger charge is 2.16. The van der Waals surface area contributed by atoms with Gasteiger partial charge in [-0.25, -0.2) is 4.98 Å². The molecule has 0 amide bonds. The number of fused-ring (bicyclic) bond motifs is 1. The van der Waals surface area contributed by atoms with Gasteiger partial charge in [0.15, 0.2) is 0 Å². The number of nitrogens with one attached hydrogen (secondary N) is 1. The molecule has 5 rings (SSSR count). The Hall–Kier alpha value is -3.19. The maximum atomic E-state index is 5.48. The molecule has 0 bridgehead atoms. The zero-order chi connectivity index (χ0) is 19.6. The molecule has 7 nitrogen and oxygen atoms in total. The van der Waals surface area contributed by atoms with Gasteiger partial charge in [-0.15, -0.1) is 0 Å². The Kier molecular flexibility index (Phi) is 4.73. The van der Waals surface area contributed by atoms with Crippen LogP contribution >= 0.6 is 0 Å². The second-order valence-corrected chi connectivity index (χ2v) is 7.60. The van der Waals surface area contributed by atoms with Gasteiger partial charge in [-0.1, -0.05) is 12.1 Å². The first-order valence-corrected chi connectivity index (χ1v) is 10.0. The summed E-state index contributed by atoms with van der Waals surface area (Å²) in [5.74, 6) is 1.25. The van der Waals surface area contributed by atoms with E-state index in [1.165, 1.54) is 0 Å². The lowest BCUT2D eigenvalue weighted by Crippen LogP contribution is -2.20. The Morgan fingerprint density at radius 2 is 1.90 bits per heavy atom. The number of aromatic nitrogens is 5. The van der Waals surface area contributed by atoms with Crippen LogP contribution in [-0.2, 0) is 18.3 Å². The Morgan fingerprint density at radius 3 is 2.66 bits per heavy atom. The standard InChI is InChI=1S/C22H24N6O/c1-27-15-19(13-24-27)17-2-4-20(5-3-17)25-22-23-12-18-6-9-28(21(18)26-22)14-16-7-10-29-11-8-16/h2-6,9,12-13,15-16H,7-8,10-11,14H2,1H3,(H,23,25,26). The molecule has 1 saturated heterocycles. The fourth-order valence-electron chi connectivity index (χ4n) is 3.83. The molecular formula is C22H24N6O. The third kappa shape index (κ3) is 3.86. The molecule has 1 aliphatic heterocycles. The molecule has 7 heteroatoms. The number of anilines is 2. The molecule has 1 aliphatic rings. The number of rotatable bonds is 5. The van der Waals surface area contributed by atoms with E-state index < -0.39 is 0 Å². The third-order valence-corrected chi connectivity index (χ3v) is 5.48. The molecule has 29 heavy (non-hydrogen) atoms. The SMILES string of the molecule is Cn1cc(-c2ccc(Nc3ncc4ccn(CC5CCOCC5)c4n3)cc2)cn1. The first kappa shape index (κ1) is 17.9. The highest BCUT2D eigenvalue weighted by Crippen LogP contribution is 2.24. The minimum atomic E-state index is 0.610. The molecular weight excluding hydrogens is 364 g/mol. The highest BCUT2D eigenvalue weighted by atomic mass is 16.5. The molecule has 4 heterocycles. The van der Waals surface area contributed by atoms with E-state index in [2.05, 4.69) is 44.4 Å². The van der Waals surface area contributed by atoms with Gasteiger partial charge in [0.05, 0.1) is 6.20 Å². The van der Waals surface area contributed by atoms with Crippen LogP contribution in [0.25, 0.3) is 22.2 Å².